The van der Waals surface area contributed by atoms with E-state index in [2.05, 4.69) is 0 Å². The molecular formula is C15H15Cl2NO3S. The van der Waals surface area contributed by atoms with Gasteiger partial charge in [-0.05, 0) is 30.7 Å². The molecule has 0 aliphatic rings. The predicted octanol–water partition coefficient (Wildman–Crippen LogP) is 4.14. The van der Waals surface area contributed by atoms with Crippen LogP contribution in [0.3, 0.4) is 0 Å². The van der Waals surface area contributed by atoms with E-state index in [1.165, 1.54) is 30.6 Å². The summed E-state index contributed by atoms with van der Waals surface area (Å²) in [7, 11) is -0.917. The number of benzene rings is 2. The van der Waals surface area contributed by atoms with Crippen molar-refractivity contribution in [2.45, 2.75) is 11.8 Å². The number of para-hydroxylation sites is 1. The van der Waals surface area contributed by atoms with E-state index >= 15 is 0 Å². The highest BCUT2D eigenvalue weighted by Crippen LogP contribution is 2.38. The van der Waals surface area contributed by atoms with E-state index in [4.69, 9.17) is 27.9 Å². The van der Waals surface area contributed by atoms with Crippen LogP contribution in [0.25, 0.3) is 0 Å². The molecule has 118 valence electrons. The molecule has 0 saturated carbocycles. The summed E-state index contributed by atoms with van der Waals surface area (Å²) in [5.41, 5.74) is 1.41. The van der Waals surface area contributed by atoms with Gasteiger partial charge in [-0.3, -0.25) is 4.31 Å². The van der Waals surface area contributed by atoms with Crippen LogP contribution in [0.4, 0.5) is 5.69 Å². The lowest BCUT2D eigenvalue weighted by Crippen LogP contribution is -2.27. The van der Waals surface area contributed by atoms with Crippen molar-refractivity contribution in [1.82, 2.24) is 0 Å². The van der Waals surface area contributed by atoms with Crippen LogP contribution in [-0.4, -0.2) is 22.6 Å². The van der Waals surface area contributed by atoms with Gasteiger partial charge < -0.3 is 4.74 Å². The number of halogens is 2. The molecule has 0 heterocycles. The molecule has 0 N–H and O–H groups in total. The summed E-state index contributed by atoms with van der Waals surface area (Å²) in [6, 6.07) is 10.0. The highest BCUT2D eigenvalue weighted by molar-refractivity contribution is 7.93. The number of rotatable bonds is 4. The molecule has 2 rings (SSSR count). The molecule has 2 aromatic rings. The van der Waals surface area contributed by atoms with Crippen LogP contribution in [0.15, 0.2) is 41.3 Å². The van der Waals surface area contributed by atoms with Crippen LogP contribution in [0, 0.1) is 6.92 Å². The molecule has 0 aromatic heterocycles. The first-order valence-electron chi connectivity index (χ1n) is 6.37. The molecule has 22 heavy (non-hydrogen) atoms. The highest BCUT2D eigenvalue weighted by atomic mass is 35.5. The van der Waals surface area contributed by atoms with Crippen LogP contribution in [-0.2, 0) is 10.0 Å². The molecule has 0 bridgehead atoms. The molecule has 0 unspecified atom stereocenters. The minimum atomic E-state index is -3.83. The summed E-state index contributed by atoms with van der Waals surface area (Å²) in [5.74, 6) is 0.323. The topological polar surface area (TPSA) is 46.6 Å². The third-order valence-corrected chi connectivity index (χ3v) is 6.11. The van der Waals surface area contributed by atoms with Crippen LogP contribution >= 0.6 is 23.2 Å². The summed E-state index contributed by atoms with van der Waals surface area (Å²) in [4.78, 5) is -0.0641. The average Bonchev–Trinajstić information content (AvgIpc) is 2.49. The first-order chi connectivity index (χ1) is 10.3. The first kappa shape index (κ1) is 16.9. The Morgan fingerprint density at radius 2 is 1.68 bits per heavy atom. The van der Waals surface area contributed by atoms with E-state index in [1.54, 1.807) is 12.1 Å². The van der Waals surface area contributed by atoms with Crippen molar-refractivity contribution >= 4 is 38.9 Å². The Morgan fingerprint density at radius 1 is 1.05 bits per heavy atom. The van der Waals surface area contributed by atoms with E-state index in [1.807, 2.05) is 19.1 Å². The molecular weight excluding hydrogens is 345 g/mol. The molecule has 0 spiro atoms. The highest BCUT2D eigenvalue weighted by Gasteiger charge is 2.27. The van der Waals surface area contributed by atoms with E-state index in [-0.39, 0.29) is 14.9 Å². The van der Waals surface area contributed by atoms with Crippen LogP contribution in [0.2, 0.25) is 10.0 Å². The predicted molar refractivity (Wildman–Crippen MR) is 89.8 cm³/mol. The van der Waals surface area contributed by atoms with Gasteiger partial charge >= 0.3 is 0 Å². The van der Waals surface area contributed by atoms with Crippen LogP contribution < -0.4 is 9.04 Å². The molecule has 0 saturated heterocycles. The van der Waals surface area contributed by atoms with Gasteiger partial charge in [0.05, 0.1) is 17.8 Å². The van der Waals surface area contributed by atoms with Gasteiger partial charge in [0.1, 0.15) is 15.7 Å². The van der Waals surface area contributed by atoms with Gasteiger partial charge in [0, 0.05) is 7.05 Å². The zero-order chi connectivity index (χ0) is 16.5. The summed E-state index contributed by atoms with van der Waals surface area (Å²) in [6.45, 7) is 1.84. The maximum Gasteiger partial charge on any atom is 0.265 e. The monoisotopic (exact) mass is 359 g/mol. The van der Waals surface area contributed by atoms with E-state index in [9.17, 15) is 8.42 Å². The second-order valence-electron chi connectivity index (χ2n) is 4.65. The fourth-order valence-electron chi connectivity index (χ4n) is 2.06. The summed E-state index contributed by atoms with van der Waals surface area (Å²) in [6.07, 6.45) is 0. The molecule has 7 heteroatoms. The zero-order valence-electron chi connectivity index (χ0n) is 12.3. The minimum absolute atomic E-state index is 0.0542. The standard InChI is InChI=1S/C15H15Cl2NO3S/c1-10-6-4-5-7-11(10)18(2)22(19,20)13-9-8-12(21-3)14(16)15(13)17/h4-9H,1-3H3. The van der Waals surface area contributed by atoms with Gasteiger partial charge in [-0.2, -0.15) is 0 Å². The van der Waals surface area contributed by atoms with Crippen LogP contribution in [0.5, 0.6) is 5.75 Å². The Kier molecular flexibility index (Phi) is 4.90. The van der Waals surface area contributed by atoms with Gasteiger partial charge in [-0.25, -0.2) is 8.42 Å². The number of sulfonamides is 1. The summed E-state index contributed by atoms with van der Waals surface area (Å²) in [5, 5.41) is 0.0184. The fraction of sp³-hybridized carbons (Fsp3) is 0.200. The minimum Gasteiger partial charge on any atom is -0.495 e. The van der Waals surface area contributed by atoms with Crippen molar-refractivity contribution < 1.29 is 13.2 Å². The number of methoxy groups -OCH3 is 1. The smallest absolute Gasteiger partial charge is 0.265 e. The normalized spacial score (nSPS) is 11.3. The molecule has 0 fully saturated rings. The Labute approximate surface area is 140 Å². The Hall–Kier alpha value is -1.43. The number of ether oxygens (including phenoxy) is 1. The SMILES string of the molecule is COc1ccc(S(=O)(=O)N(C)c2ccccc2C)c(Cl)c1Cl. The number of nitrogens with zero attached hydrogens (tertiary/aromatic N) is 1. The van der Waals surface area contributed by atoms with Gasteiger partial charge in [-0.1, -0.05) is 41.4 Å². The number of aryl methyl sites for hydroxylation is 1. The van der Waals surface area contributed by atoms with E-state index < -0.39 is 10.0 Å². The summed E-state index contributed by atoms with van der Waals surface area (Å²) >= 11 is 12.2. The van der Waals surface area contributed by atoms with Crippen molar-refractivity contribution in [3.63, 3.8) is 0 Å². The zero-order valence-corrected chi connectivity index (χ0v) is 14.6. The van der Waals surface area contributed by atoms with E-state index in [0.717, 1.165) is 5.56 Å². The Balaban J connectivity index is 2.56. The second kappa shape index (κ2) is 6.36. The quantitative estimate of drug-likeness (QED) is 0.824. The molecule has 0 radical (unpaired) electrons. The number of anilines is 1. The largest absolute Gasteiger partial charge is 0.495 e. The fourth-order valence-corrected chi connectivity index (χ4v) is 4.14. The number of hydrogen-bond donors (Lipinski definition) is 0. The third-order valence-electron chi connectivity index (χ3n) is 3.32. The second-order valence-corrected chi connectivity index (χ2v) is 7.35. The third kappa shape index (κ3) is 2.89. The molecule has 0 aliphatic heterocycles. The van der Waals surface area contributed by atoms with Gasteiger partial charge in [0.2, 0.25) is 0 Å². The van der Waals surface area contributed by atoms with Crippen molar-refractivity contribution in [2.24, 2.45) is 0 Å². The maximum absolute atomic E-state index is 12.8. The maximum atomic E-state index is 12.8. The van der Waals surface area contributed by atoms with E-state index in [0.29, 0.717) is 11.4 Å². The lowest BCUT2D eigenvalue weighted by atomic mass is 10.2. The first-order valence-corrected chi connectivity index (χ1v) is 8.57. The van der Waals surface area contributed by atoms with Gasteiger partial charge in [0.15, 0.2) is 0 Å². The van der Waals surface area contributed by atoms with Gasteiger partial charge in [0.25, 0.3) is 10.0 Å². The Bertz CT molecular complexity index is 806. The van der Waals surface area contributed by atoms with Crippen molar-refractivity contribution in [2.75, 3.05) is 18.5 Å². The Morgan fingerprint density at radius 3 is 2.27 bits per heavy atom. The van der Waals surface area contributed by atoms with Crippen molar-refractivity contribution in [3.05, 3.63) is 52.0 Å². The summed E-state index contributed by atoms with van der Waals surface area (Å²) < 4.78 is 31.8. The van der Waals surface area contributed by atoms with Crippen LogP contribution in [0.1, 0.15) is 5.56 Å². The molecule has 0 amide bonds. The van der Waals surface area contributed by atoms with Crippen molar-refractivity contribution in [1.29, 1.82) is 0 Å². The van der Waals surface area contributed by atoms with Gasteiger partial charge in [-0.15, -0.1) is 0 Å². The average molecular weight is 360 g/mol. The number of hydrogen-bond acceptors (Lipinski definition) is 3. The lowest BCUT2D eigenvalue weighted by molar-refractivity contribution is 0.414. The molecule has 0 aliphatic carbocycles. The van der Waals surface area contributed by atoms with Crippen molar-refractivity contribution in [3.8, 4) is 5.75 Å². The lowest BCUT2D eigenvalue weighted by Gasteiger charge is -2.22. The molecule has 0 atom stereocenters. The molecule has 2 aromatic carbocycles. The molecule has 4 nitrogen and oxygen atoms in total.